The molecule has 11 heteroatoms. The van der Waals surface area contributed by atoms with E-state index in [1.165, 1.54) is 18.2 Å². The average Bonchev–Trinajstić information content (AvgIpc) is 2.86. The van der Waals surface area contributed by atoms with Crippen molar-refractivity contribution in [2.45, 2.75) is 19.2 Å². The van der Waals surface area contributed by atoms with Crippen LogP contribution in [0.5, 0.6) is 0 Å². The van der Waals surface area contributed by atoms with Gasteiger partial charge in [-0.15, -0.1) is 0 Å². The van der Waals surface area contributed by atoms with E-state index in [0.717, 1.165) is 24.3 Å². The first kappa shape index (κ1) is 23.7. The smallest absolute Gasteiger partial charge is 0.365 e. The predicted molar refractivity (Wildman–Crippen MR) is 119 cm³/mol. The number of aromatic nitrogens is 2. The van der Waals surface area contributed by atoms with Gasteiger partial charge in [-0.3, -0.25) is 19.5 Å². The molecular formula is C23H18ClF3N4O3. The maximum Gasteiger partial charge on any atom is 0.416 e. The predicted octanol–water partition coefficient (Wildman–Crippen LogP) is 4.80. The number of halogens is 4. The zero-order chi connectivity index (χ0) is 24.6. The van der Waals surface area contributed by atoms with E-state index in [-0.39, 0.29) is 10.8 Å². The molecular weight excluding hydrogens is 473 g/mol. The summed E-state index contributed by atoms with van der Waals surface area (Å²) >= 11 is 6.46. The van der Waals surface area contributed by atoms with Gasteiger partial charge in [-0.1, -0.05) is 17.7 Å². The number of methoxy groups -OCH3 is 1. The Labute approximate surface area is 197 Å². The number of hydrogen-bond acceptors (Lipinski definition) is 5. The molecule has 0 fully saturated rings. The van der Waals surface area contributed by atoms with Crippen LogP contribution in [0.1, 0.15) is 23.1 Å². The van der Waals surface area contributed by atoms with Crippen molar-refractivity contribution in [1.82, 2.24) is 9.97 Å². The van der Waals surface area contributed by atoms with E-state index in [0.29, 0.717) is 28.2 Å². The van der Waals surface area contributed by atoms with Crippen LogP contribution in [-0.2, 0) is 20.5 Å². The molecule has 0 spiro atoms. The zero-order valence-electron chi connectivity index (χ0n) is 18.0. The normalized spacial score (nSPS) is 15.4. The summed E-state index contributed by atoms with van der Waals surface area (Å²) in [4.78, 5) is 36.1. The maximum absolute atomic E-state index is 13.5. The molecule has 176 valence electrons. The summed E-state index contributed by atoms with van der Waals surface area (Å²) in [6.45, 7) is 1.25. The highest BCUT2D eigenvalue weighted by Crippen LogP contribution is 2.43. The molecule has 0 saturated heterocycles. The monoisotopic (exact) mass is 490 g/mol. The Balaban J connectivity index is 1.70. The van der Waals surface area contributed by atoms with Crippen LogP contribution in [-0.4, -0.2) is 35.4 Å². The van der Waals surface area contributed by atoms with Crippen LogP contribution in [0.3, 0.4) is 0 Å². The lowest BCUT2D eigenvalue weighted by Crippen LogP contribution is -2.41. The summed E-state index contributed by atoms with van der Waals surface area (Å²) < 4.78 is 43.8. The molecule has 0 saturated carbocycles. The van der Waals surface area contributed by atoms with Gasteiger partial charge in [0, 0.05) is 35.8 Å². The number of hydrogen-bond donors (Lipinski definition) is 1. The second kappa shape index (κ2) is 9.03. The number of aryl methyl sites for hydroxylation is 1. The molecule has 7 nitrogen and oxygen atoms in total. The summed E-state index contributed by atoms with van der Waals surface area (Å²) in [6.07, 6.45) is -4.09. The van der Waals surface area contributed by atoms with Crippen molar-refractivity contribution in [3.63, 3.8) is 0 Å². The molecule has 34 heavy (non-hydrogen) atoms. The lowest BCUT2D eigenvalue weighted by molar-refractivity contribution is -0.137. The van der Waals surface area contributed by atoms with Crippen molar-refractivity contribution in [3.05, 3.63) is 70.8 Å². The van der Waals surface area contributed by atoms with Gasteiger partial charge in [-0.25, -0.2) is 4.98 Å². The first-order valence-electron chi connectivity index (χ1n) is 10.0. The highest BCUT2D eigenvalue weighted by molar-refractivity contribution is 6.33. The van der Waals surface area contributed by atoms with Crippen LogP contribution in [0.4, 0.5) is 24.5 Å². The van der Waals surface area contributed by atoms with Crippen molar-refractivity contribution in [1.29, 1.82) is 0 Å². The number of nitrogens with zero attached hydrogens (tertiary/aromatic N) is 3. The van der Waals surface area contributed by atoms with Gasteiger partial charge in [0.05, 0.1) is 16.9 Å². The fourth-order valence-electron chi connectivity index (χ4n) is 3.76. The summed E-state index contributed by atoms with van der Waals surface area (Å²) in [5.41, 5.74) is 1.47. The Morgan fingerprint density at radius 2 is 1.94 bits per heavy atom. The molecule has 3 heterocycles. The Morgan fingerprint density at radius 3 is 2.59 bits per heavy atom. The standard InChI is InChI=1S/C23H18ClF3N4O3/c1-12-10-16-18(21(24)29-12)15-4-3-9-28-19(15)20(34-2)22(33)31(16)11-17(32)30-14-7-5-13(6-8-14)23(25,26)27/h3-10,20H,11H2,1-2H3,(H,30,32). The maximum atomic E-state index is 13.5. The van der Waals surface area contributed by atoms with Crippen LogP contribution < -0.4 is 10.2 Å². The number of ether oxygens (including phenoxy) is 1. The third-order valence-electron chi connectivity index (χ3n) is 5.25. The van der Waals surface area contributed by atoms with Crippen molar-refractivity contribution < 1.29 is 27.5 Å². The Kier molecular flexibility index (Phi) is 6.28. The van der Waals surface area contributed by atoms with Gasteiger partial charge >= 0.3 is 6.18 Å². The molecule has 1 aromatic carbocycles. The molecule has 2 aromatic heterocycles. The molecule has 2 amide bonds. The zero-order valence-corrected chi connectivity index (χ0v) is 18.7. The number of anilines is 2. The SMILES string of the molecule is COC1C(=O)N(CC(=O)Nc2ccc(C(F)(F)F)cc2)c2cc(C)nc(Cl)c2-c2cccnc21. The second-order valence-electron chi connectivity index (χ2n) is 7.55. The van der Waals surface area contributed by atoms with Gasteiger partial charge in [0.25, 0.3) is 5.91 Å². The third kappa shape index (κ3) is 4.46. The Morgan fingerprint density at radius 1 is 1.24 bits per heavy atom. The number of amides is 2. The van der Waals surface area contributed by atoms with Gasteiger partial charge < -0.3 is 10.1 Å². The molecule has 3 aromatic rings. The minimum Gasteiger partial charge on any atom is -0.365 e. The lowest BCUT2D eigenvalue weighted by atomic mass is 10.0. The van der Waals surface area contributed by atoms with Crippen molar-refractivity contribution in [2.24, 2.45) is 0 Å². The van der Waals surface area contributed by atoms with Crippen LogP contribution in [0.15, 0.2) is 48.7 Å². The summed E-state index contributed by atoms with van der Waals surface area (Å²) in [5.74, 6) is -1.18. The molecule has 1 aliphatic rings. The molecule has 1 atom stereocenters. The van der Waals surface area contributed by atoms with E-state index >= 15 is 0 Å². The molecule has 4 rings (SSSR count). The summed E-state index contributed by atoms with van der Waals surface area (Å²) in [7, 11) is 1.35. The average molecular weight is 491 g/mol. The number of alkyl halides is 3. The van der Waals surface area contributed by atoms with E-state index in [4.69, 9.17) is 16.3 Å². The van der Waals surface area contributed by atoms with Crippen LogP contribution in [0.25, 0.3) is 11.1 Å². The number of nitrogens with one attached hydrogen (secondary N) is 1. The van der Waals surface area contributed by atoms with Gasteiger partial charge in [0.15, 0.2) is 6.10 Å². The lowest BCUT2D eigenvalue weighted by Gasteiger charge is -2.25. The molecule has 1 unspecified atom stereocenters. The number of benzene rings is 1. The number of pyridine rings is 2. The fraction of sp³-hybridized carbons (Fsp3) is 0.217. The van der Waals surface area contributed by atoms with E-state index in [2.05, 4.69) is 15.3 Å². The second-order valence-corrected chi connectivity index (χ2v) is 7.91. The van der Waals surface area contributed by atoms with E-state index in [1.807, 2.05) is 0 Å². The van der Waals surface area contributed by atoms with Crippen molar-refractivity contribution >= 4 is 34.8 Å². The number of carbonyl (C=O) groups is 2. The fourth-order valence-corrected chi connectivity index (χ4v) is 4.09. The van der Waals surface area contributed by atoms with Gasteiger partial charge in [-0.2, -0.15) is 13.2 Å². The van der Waals surface area contributed by atoms with Crippen LogP contribution >= 0.6 is 11.6 Å². The number of carbonyl (C=O) groups excluding carboxylic acids is 2. The first-order chi connectivity index (χ1) is 16.1. The van der Waals surface area contributed by atoms with E-state index in [1.54, 1.807) is 25.1 Å². The first-order valence-corrected chi connectivity index (χ1v) is 10.4. The molecule has 0 radical (unpaired) electrons. The van der Waals surface area contributed by atoms with E-state index in [9.17, 15) is 22.8 Å². The molecule has 1 N–H and O–H groups in total. The third-order valence-corrected chi connectivity index (χ3v) is 5.53. The minimum atomic E-state index is -4.49. The molecule has 0 bridgehead atoms. The Bertz CT molecular complexity index is 1270. The Hall–Kier alpha value is -3.50. The largest absolute Gasteiger partial charge is 0.416 e. The summed E-state index contributed by atoms with van der Waals surface area (Å²) in [5, 5.41) is 2.64. The van der Waals surface area contributed by atoms with Crippen LogP contribution in [0, 0.1) is 6.92 Å². The van der Waals surface area contributed by atoms with Gasteiger partial charge in [0.2, 0.25) is 5.91 Å². The molecule has 1 aliphatic heterocycles. The van der Waals surface area contributed by atoms with E-state index < -0.39 is 36.2 Å². The highest BCUT2D eigenvalue weighted by atomic mass is 35.5. The van der Waals surface area contributed by atoms with Crippen LogP contribution in [0.2, 0.25) is 5.15 Å². The quantitative estimate of drug-likeness (QED) is 0.531. The van der Waals surface area contributed by atoms with Gasteiger partial charge in [-0.05, 0) is 43.3 Å². The number of fused-ring (bicyclic) bond motifs is 3. The topological polar surface area (TPSA) is 84.4 Å². The van der Waals surface area contributed by atoms with Crippen molar-refractivity contribution in [3.8, 4) is 11.1 Å². The number of rotatable bonds is 4. The summed E-state index contributed by atoms with van der Waals surface area (Å²) in [6, 6.07) is 9.04. The molecule has 0 aliphatic carbocycles. The van der Waals surface area contributed by atoms with Crippen molar-refractivity contribution in [2.75, 3.05) is 23.9 Å². The van der Waals surface area contributed by atoms with Gasteiger partial charge in [0.1, 0.15) is 11.7 Å². The highest BCUT2D eigenvalue weighted by Gasteiger charge is 2.37. The minimum absolute atomic E-state index is 0.127.